The summed E-state index contributed by atoms with van der Waals surface area (Å²) in [7, 11) is -4.12. The molecule has 0 saturated carbocycles. The zero-order chi connectivity index (χ0) is 18.6. The van der Waals surface area contributed by atoms with E-state index in [1.807, 2.05) is 13.8 Å². The minimum Gasteiger partial charge on any atom is -0.387 e. The Kier molecular flexibility index (Phi) is 6.57. The molecule has 7 heteroatoms. The Morgan fingerprint density at radius 2 is 1.76 bits per heavy atom. The fourth-order valence-corrected chi connectivity index (χ4v) is 4.07. The van der Waals surface area contributed by atoms with Crippen LogP contribution in [-0.2, 0) is 10.0 Å². The molecule has 0 heterocycles. The number of benzene rings is 2. The average molecular weight is 386 g/mol. The Hall–Kier alpha value is -1.47. The van der Waals surface area contributed by atoms with Crippen LogP contribution in [0.3, 0.4) is 0 Å². The van der Waals surface area contributed by atoms with Crippen LogP contribution in [0.1, 0.15) is 31.9 Å². The molecule has 25 heavy (non-hydrogen) atoms. The summed E-state index contributed by atoms with van der Waals surface area (Å²) in [4.78, 5) is -0.438. The highest BCUT2D eigenvalue weighted by Crippen LogP contribution is 2.27. The zero-order valence-electron chi connectivity index (χ0n) is 14.0. The van der Waals surface area contributed by atoms with Crippen LogP contribution in [0.5, 0.6) is 0 Å². The summed E-state index contributed by atoms with van der Waals surface area (Å²) in [6.07, 6.45) is -0.455. The van der Waals surface area contributed by atoms with Gasteiger partial charge in [0.1, 0.15) is 10.7 Å². The summed E-state index contributed by atoms with van der Waals surface area (Å²) in [5.74, 6) is -1.01. The van der Waals surface area contributed by atoms with Crippen molar-refractivity contribution in [1.82, 2.24) is 4.72 Å². The Morgan fingerprint density at radius 3 is 2.32 bits per heavy atom. The Labute approximate surface area is 152 Å². The quantitative estimate of drug-likeness (QED) is 0.759. The van der Waals surface area contributed by atoms with Crippen molar-refractivity contribution in [2.75, 3.05) is 0 Å². The second-order valence-electron chi connectivity index (χ2n) is 5.96. The van der Waals surface area contributed by atoms with Gasteiger partial charge in [0.25, 0.3) is 0 Å². The highest BCUT2D eigenvalue weighted by atomic mass is 35.5. The molecule has 0 aliphatic heterocycles. The molecule has 2 aromatic carbocycles. The van der Waals surface area contributed by atoms with E-state index < -0.39 is 32.9 Å². The van der Waals surface area contributed by atoms with Gasteiger partial charge >= 0.3 is 0 Å². The van der Waals surface area contributed by atoms with Crippen molar-refractivity contribution in [3.8, 4) is 0 Å². The smallest absolute Gasteiger partial charge is 0.243 e. The summed E-state index contributed by atoms with van der Waals surface area (Å²) < 4.78 is 41.5. The van der Waals surface area contributed by atoms with Crippen molar-refractivity contribution >= 4 is 21.6 Å². The van der Waals surface area contributed by atoms with Gasteiger partial charge in [0.05, 0.1) is 12.1 Å². The fourth-order valence-electron chi connectivity index (χ4n) is 2.52. The summed E-state index contributed by atoms with van der Waals surface area (Å²) >= 11 is 5.85. The molecular weight excluding hydrogens is 365 g/mol. The van der Waals surface area contributed by atoms with E-state index >= 15 is 0 Å². The molecule has 4 nitrogen and oxygen atoms in total. The number of hydrogen-bond donors (Lipinski definition) is 2. The molecule has 0 bridgehead atoms. The van der Waals surface area contributed by atoms with Gasteiger partial charge in [0.2, 0.25) is 10.0 Å². The number of hydrogen-bond acceptors (Lipinski definition) is 3. The maximum absolute atomic E-state index is 13.9. The van der Waals surface area contributed by atoms with E-state index in [0.717, 1.165) is 6.07 Å². The van der Waals surface area contributed by atoms with E-state index in [0.29, 0.717) is 17.0 Å². The number of aliphatic hydroxyl groups excluding tert-OH is 1. The first-order valence-corrected chi connectivity index (χ1v) is 9.82. The largest absolute Gasteiger partial charge is 0.387 e. The van der Waals surface area contributed by atoms with Gasteiger partial charge in [-0.1, -0.05) is 56.1 Å². The Morgan fingerprint density at radius 1 is 1.16 bits per heavy atom. The topological polar surface area (TPSA) is 66.4 Å². The standard InChI is InChI=1S/C18H21ClFNO3S/c1-3-12(2)17(18(22)13-8-10-14(19)11-9-13)21-25(23,24)16-7-5-4-6-15(16)20/h4-12,17-18,21-22H,3H2,1-2H3. The second kappa shape index (κ2) is 8.27. The van der Waals surface area contributed by atoms with Crippen LogP contribution in [0.25, 0.3) is 0 Å². The summed E-state index contributed by atoms with van der Waals surface area (Å²) in [6, 6.07) is 10.9. The lowest BCUT2D eigenvalue weighted by Gasteiger charge is -2.29. The second-order valence-corrected chi connectivity index (χ2v) is 8.08. The SMILES string of the molecule is CCC(C)C(NS(=O)(=O)c1ccccc1F)C(O)c1ccc(Cl)cc1. The number of nitrogens with one attached hydrogen (secondary N) is 1. The molecule has 2 aromatic rings. The number of halogens is 2. The Balaban J connectivity index is 2.35. The normalized spacial score (nSPS) is 15.6. The first kappa shape index (κ1) is 19.8. The predicted molar refractivity (Wildman–Crippen MR) is 96.4 cm³/mol. The molecule has 136 valence electrons. The lowest BCUT2D eigenvalue weighted by molar-refractivity contribution is 0.112. The van der Waals surface area contributed by atoms with Gasteiger partial charge in [-0.25, -0.2) is 17.5 Å². The lowest BCUT2D eigenvalue weighted by atomic mass is 9.91. The first-order chi connectivity index (χ1) is 11.8. The van der Waals surface area contributed by atoms with Gasteiger partial charge < -0.3 is 5.11 Å². The van der Waals surface area contributed by atoms with Crippen molar-refractivity contribution in [1.29, 1.82) is 0 Å². The fraction of sp³-hybridized carbons (Fsp3) is 0.333. The first-order valence-electron chi connectivity index (χ1n) is 7.96. The molecule has 0 fully saturated rings. The van der Waals surface area contributed by atoms with Crippen LogP contribution in [0.2, 0.25) is 5.02 Å². The molecule has 2 N–H and O–H groups in total. The summed E-state index contributed by atoms with van der Waals surface area (Å²) in [5, 5.41) is 11.2. The molecule has 0 spiro atoms. The van der Waals surface area contributed by atoms with E-state index in [1.54, 1.807) is 24.3 Å². The van der Waals surface area contributed by atoms with Gasteiger partial charge in [-0.2, -0.15) is 0 Å². The molecule has 0 aliphatic carbocycles. The van der Waals surface area contributed by atoms with Gasteiger partial charge in [0.15, 0.2) is 0 Å². The highest BCUT2D eigenvalue weighted by Gasteiger charge is 2.31. The average Bonchev–Trinajstić information content (AvgIpc) is 2.59. The molecule has 2 rings (SSSR count). The van der Waals surface area contributed by atoms with Crippen molar-refractivity contribution in [2.24, 2.45) is 5.92 Å². The minimum atomic E-state index is -4.12. The Bertz CT molecular complexity index is 811. The van der Waals surface area contributed by atoms with Crippen molar-refractivity contribution in [2.45, 2.75) is 37.3 Å². The van der Waals surface area contributed by atoms with E-state index in [1.165, 1.54) is 18.2 Å². The van der Waals surface area contributed by atoms with Crippen molar-refractivity contribution in [3.05, 3.63) is 64.9 Å². The van der Waals surface area contributed by atoms with Crippen LogP contribution in [0.15, 0.2) is 53.4 Å². The van der Waals surface area contributed by atoms with Crippen LogP contribution in [0.4, 0.5) is 4.39 Å². The predicted octanol–water partition coefficient (Wildman–Crippen LogP) is 3.91. The third kappa shape index (κ3) is 4.79. The van der Waals surface area contributed by atoms with Crippen molar-refractivity contribution in [3.63, 3.8) is 0 Å². The van der Waals surface area contributed by atoms with Crippen LogP contribution in [-0.4, -0.2) is 19.6 Å². The third-order valence-electron chi connectivity index (χ3n) is 4.23. The number of aliphatic hydroxyl groups is 1. The maximum Gasteiger partial charge on any atom is 0.243 e. The third-order valence-corrected chi connectivity index (χ3v) is 5.97. The highest BCUT2D eigenvalue weighted by molar-refractivity contribution is 7.89. The van der Waals surface area contributed by atoms with Crippen LogP contribution >= 0.6 is 11.6 Å². The maximum atomic E-state index is 13.9. The van der Waals surface area contributed by atoms with Gasteiger partial charge in [-0.15, -0.1) is 0 Å². The molecule has 0 amide bonds. The van der Waals surface area contributed by atoms with Gasteiger partial charge in [-0.3, -0.25) is 0 Å². The van der Waals surface area contributed by atoms with Crippen molar-refractivity contribution < 1.29 is 17.9 Å². The summed E-state index contributed by atoms with van der Waals surface area (Å²) in [5.41, 5.74) is 0.533. The van der Waals surface area contributed by atoms with E-state index in [2.05, 4.69) is 4.72 Å². The van der Waals surface area contributed by atoms with Gasteiger partial charge in [0, 0.05) is 5.02 Å². The zero-order valence-corrected chi connectivity index (χ0v) is 15.6. The van der Waals surface area contributed by atoms with E-state index in [-0.39, 0.29) is 5.92 Å². The van der Waals surface area contributed by atoms with E-state index in [9.17, 15) is 17.9 Å². The molecule has 0 saturated heterocycles. The molecule has 0 radical (unpaired) electrons. The number of sulfonamides is 1. The van der Waals surface area contributed by atoms with Gasteiger partial charge in [-0.05, 0) is 35.7 Å². The van der Waals surface area contributed by atoms with Crippen LogP contribution in [0, 0.1) is 11.7 Å². The lowest BCUT2D eigenvalue weighted by Crippen LogP contribution is -2.43. The summed E-state index contributed by atoms with van der Waals surface area (Å²) in [6.45, 7) is 3.72. The van der Waals surface area contributed by atoms with Crippen LogP contribution < -0.4 is 4.72 Å². The molecule has 3 atom stereocenters. The molecule has 0 aromatic heterocycles. The molecular formula is C18H21ClFNO3S. The molecule has 3 unspecified atom stereocenters. The minimum absolute atomic E-state index is 0.174. The van der Waals surface area contributed by atoms with E-state index in [4.69, 9.17) is 11.6 Å². The molecule has 0 aliphatic rings. The monoisotopic (exact) mass is 385 g/mol. The number of rotatable bonds is 7.